The highest BCUT2D eigenvalue weighted by atomic mass is 16.2. The molecule has 0 fully saturated rings. The maximum atomic E-state index is 12.7. The Balaban J connectivity index is 1.64. The molecule has 4 rings (SSSR count). The lowest BCUT2D eigenvalue weighted by molar-refractivity contribution is 0.102. The van der Waals surface area contributed by atoms with Gasteiger partial charge in [0.05, 0.1) is 6.33 Å². The molecule has 0 unspecified atom stereocenters. The molecular formula is C19H16N6O. The van der Waals surface area contributed by atoms with Gasteiger partial charge in [-0.15, -0.1) is 0 Å². The van der Waals surface area contributed by atoms with Crippen LogP contribution in [0.2, 0.25) is 0 Å². The zero-order valence-corrected chi connectivity index (χ0v) is 14.1. The van der Waals surface area contributed by atoms with Crippen molar-refractivity contribution in [2.45, 2.75) is 0 Å². The Bertz CT molecular complexity index is 1040. The third-order valence-electron chi connectivity index (χ3n) is 3.92. The van der Waals surface area contributed by atoms with Gasteiger partial charge in [-0.3, -0.25) is 4.79 Å². The summed E-state index contributed by atoms with van der Waals surface area (Å²) >= 11 is 0. The molecular weight excluding hydrogens is 328 g/mol. The van der Waals surface area contributed by atoms with Gasteiger partial charge in [0.1, 0.15) is 17.2 Å². The average Bonchev–Trinajstić information content (AvgIpc) is 3.34. The minimum absolute atomic E-state index is 0.304. The topological polar surface area (TPSA) is 77.6 Å². The quantitative estimate of drug-likeness (QED) is 0.617. The minimum Gasteiger partial charge on any atom is -0.320 e. The number of aryl methyl sites for hydroxylation is 1. The lowest BCUT2D eigenvalue weighted by Gasteiger charge is -2.09. The van der Waals surface area contributed by atoms with E-state index in [1.54, 1.807) is 52.2 Å². The third kappa shape index (κ3) is 2.98. The van der Waals surface area contributed by atoms with E-state index in [2.05, 4.69) is 20.4 Å². The van der Waals surface area contributed by atoms with Crippen LogP contribution in [-0.4, -0.2) is 30.2 Å². The second kappa shape index (κ2) is 6.64. The van der Waals surface area contributed by atoms with Crippen molar-refractivity contribution in [1.82, 2.24) is 24.3 Å². The molecule has 3 aromatic heterocycles. The van der Waals surface area contributed by atoms with Crippen LogP contribution < -0.4 is 5.32 Å². The van der Waals surface area contributed by atoms with Crippen LogP contribution in [0.4, 0.5) is 5.82 Å². The number of carbonyl (C=O) groups excluding carboxylic acids is 1. The molecule has 26 heavy (non-hydrogen) atoms. The number of hydrogen-bond acceptors (Lipinski definition) is 4. The van der Waals surface area contributed by atoms with Crippen LogP contribution in [-0.2, 0) is 7.05 Å². The Morgan fingerprint density at radius 2 is 1.88 bits per heavy atom. The van der Waals surface area contributed by atoms with Gasteiger partial charge in [-0.2, -0.15) is 5.10 Å². The number of rotatable bonds is 4. The predicted molar refractivity (Wildman–Crippen MR) is 98.0 cm³/mol. The molecule has 128 valence electrons. The molecule has 4 aromatic rings. The van der Waals surface area contributed by atoms with Gasteiger partial charge in [0.2, 0.25) is 0 Å². The van der Waals surface area contributed by atoms with Crippen molar-refractivity contribution in [3.05, 3.63) is 79.0 Å². The van der Waals surface area contributed by atoms with Gasteiger partial charge in [-0.05, 0) is 18.2 Å². The molecule has 7 nitrogen and oxygen atoms in total. The maximum Gasteiger partial charge on any atom is 0.275 e. The fourth-order valence-electron chi connectivity index (χ4n) is 2.64. The van der Waals surface area contributed by atoms with Crippen LogP contribution in [0, 0.1) is 0 Å². The summed E-state index contributed by atoms with van der Waals surface area (Å²) in [5.41, 5.74) is 1.95. The highest BCUT2D eigenvalue weighted by Gasteiger charge is 2.16. The van der Waals surface area contributed by atoms with Gasteiger partial charge in [0, 0.05) is 25.0 Å². The van der Waals surface area contributed by atoms with Crippen LogP contribution >= 0.6 is 0 Å². The number of anilines is 1. The first-order chi connectivity index (χ1) is 12.7. The van der Waals surface area contributed by atoms with E-state index in [0.717, 1.165) is 5.56 Å². The summed E-state index contributed by atoms with van der Waals surface area (Å²) in [5, 5.41) is 7.05. The Morgan fingerprint density at radius 3 is 2.65 bits per heavy atom. The monoisotopic (exact) mass is 344 g/mol. The van der Waals surface area contributed by atoms with Gasteiger partial charge < -0.3 is 9.88 Å². The summed E-state index contributed by atoms with van der Waals surface area (Å²) in [6.45, 7) is 0. The molecule has 7 heteroatoms. The SMILES string of the molecule is Cn1cnc(-c2ccccc2)c1NC(=O)c1cccc(-n2cccn2)n1. The lowest BCUT2D eigenvalue weighted by atomic mass is 10.1. The van der Waals surface area contributed by atoms with Gasteiger partial charge in [0.15, 0.2) is 5.82 Å². The van der Waals surface area contributed by atoms with Gasteiger partial charge in [-0.1, -0.05) is 36.4 Å². The number of nitrogens with zero attached hydrogens (tertiary/aromatic N) is 5. The smallest absolute Gasteiger partial charge is 0.275 e. The van der Waals surface area contributed by atoms with Crippen LogP contribution in [0.5, 0.6) is 0 Å². The Labute approximate surface area is 150 Å². The number of imidazole rings is 1. The van der Waals surface area contributed by atoms with E-state index < -0.39 is 0 Å². The average molecular weight is 344 g/mol. The number of nitrogens with one attached hydrogen (secondary N) is 1. The largest absolute Gasteiger partial charge is 0.320 e. The summed E-state index contributed by atoms with van der Waals surface area (Å²) < 4.78 is 3.38. The third-order valence-corrected chi connectivity index (χ3v) is 3.92. The van der Waals surface area contributed by atoms with E-state index in [1.165, 1.54) is 0 Å². The van der Waals surface area contributed by atoms with Gasteiger partial charge in [0.25, 0.3) is 5.91 Å². The molecule has 0 aliphatic heterocycles. The Hall–Kier alpha value is -3.74. The molecule has 0 saturated carbocycles. The van der Waals surface area contributed by atoms with Crippen molar-refractivity contribution in [3.63, 3.8) is 0 Å². The van der Waals surface area contributed by atoms with E-state index in [9.17, 15) is 4.79 Å². The summed E-state index contributed by atoms with van der Waals surface area (Å²) in [4.78, 5) is 21.5. The first-order valence-electron chi connectivity index (χ1n) is 8.07. The lowest BCUT2D eigenvalue weighted by Crippen LogP contribution is -2.17. The summed E-state index contributed by atoms with van der Waals surface area (Å²) in [7, 11) is 1.84. The zero-order valence-electron chi connectivity index (χ0n) is 14.1. The summed E-state index contributed by atoms with van der Waals surface area (Å²) in [6, 6.07) is 16.8. The fourth-order valence-corrected chi connectivity index (χ4v) is 2.64. The highest BCUT2D eigenvalue weighted by molar-refractivity contribution is 6.04. The van der Waals surface area contributed by atoms with Crippen LogP contribution in [0.3, 0.4) is 0 Å². The predicted octanol–water partition coefficient (Wildman–Crippen LogP) is 2.92. The van der Waals surface area contributed by atoms with Crippen LogP contribution in [0.1, 0.15) is 10.5 Å². The number of carbonyl (C=O) groups is 1. The first-order valence-corrected chi connectivity index (χ1v) is 8.07. The van der Waals surface area contributed by atoms with E-state index >= 15 is 0 Å². The van der Waals surface area contributed by atoms with Crippen molar-refractivity contribution in [3.8, 4) is 17.1 Å². The first kappa shape index (κ1) is 15.8. The molecule has 0 aliphatic rings. The molecule has 1 aromatic carbocycles. The molecule has 0 bridgehead atoms. The van der Waals surface area contributed by atoms with E-state index in [0.29, 0.717) is 23.0 Å². The van der Waals surface area contributed by atoms with Crippen molar-refractivity contribution in [1.29, 1.82) is 0 Å². The number of aromatic nitrogens is 5. The molecule has 3 heterocycles. The molecule has 0 saturated heterocycles. The standard InChI is InChI=1S/C19H16N6O/c1-24-13-20-17(14-7-3-2-4-8-14)18(24)23-19(26)15-9-5-10-16(22-15)25-12-6-11-21-25/h2-13H,1H3,(H,23,26). The van der Waals surface area contributed by atoms with Crippen molar-refractivity contribution in [2.75, 3.05) is 5.32 Å². The number of amides is 1. The van der Waals surface area contributed by atoms with E-state index in [1.807, 2.05) is 37.4 Å². The van der Waals surface area contributed by atoms with Gasteiger partial charge >= 0.3 is 0 Å². The highest BCUT2D eigenvalue weighted by Crippen LogP contribution is 2.26. The van der Waals surface area contributed by atoms with E-state index in [4.69, 9.17) is 0 Å². The molecule has 0 atom stereocenters. The number of pyridine rings is 1. The fraction of sp³-hybridized carbons (Fsp3) is 0.0526. The number of benzene rings is 1. The minimum atomic E-state index is -0.306. The van der Waals surface area contributed by atoms with E-state index in [-0.39, 0.29) is 5.91 Å². The molecule has 0 aliphatic carbocycles. The summed E-state index contributed by atoms with van der Waals surface area (Å²) in [6.07, 6.45) is 5.11. The van der Waals surface area contributed by atoms with Crippen molar-refractivity contribution >= 4 is 11.7 Å². The zero-order chi connectivity index (χ0) is 17.9. The summed E-state index contributed by atoms with van der Waals surface area (Å²) in [5.74, 6) is 0.892. The number of hydrogen-bond donors (Lipinski definition) is 1. The second-order valence-corrected chi connectivity index (χ2v) is 5.70. The Morgan fingerprint density at radius 1 is 1.04 bits per heavy atom. The van der Waals surface area contributed by atoms with Gasteiger partial charge in [-0.25, -0.2) is 14.6 Å². The van der Waals surface area contributed by atoms with Crippen LogP contribution in [0.15, 0.2) is 73.3 Å². The molecule has 0 spiro atoms. The molecule has 1 amide bonds. The normalized spacial score (nSPS) is 10.7. The van der Waals surface area contributed by atoms with Crippen molar-refractivity contribution in [2.24, 2.45) is 7.05 Å². The van der Waals surface area contributed by atoms with Crippen molar-refractivity contribution < 1.29 is 4.79 Å². The Kier molecular flexibility index (Phi) is 4.03. The molecule has 0 radical (unpaired) electrons. The maximum absolute atomic E-state index is 12.7. The molecule has 1 N–H and O–H groups in total. The van der Waals surface area contributed by atoms with Crippen LogP contribution in [0.25, 0.3) is 17.1 Å². The second-order valence-electron chi connectivity index (χ2n) is 5.70.